The molecule has 0 aliphatic heterocycles. The molecule has 3 aromatic heterocycles. The van der Waals surface area contributed by atoms with Crippen LogP contribution in [-0.4, -0.2) is 43.7 Å². The molecule has 0 radical (unpaired) electrons. The van der Waals surface area contributed by atoms with Crippen LogP contribution < -0.4 is 14.2 Å². The van der Waals surface area contributed by atoms with Crippen LogP contribution in [0.2, 0.25) is 0 Å². The normalized spacial score (nSPS) is 14.3. The lowest BCUT2D eigenvalue weighted by Gasteiger charge is -2.15. The van der Waals surface area contributed by atoms with Gasteiger partial charge in [-0.15, -0.1) is 0 Å². The molecule has 4 aromatic rings. The van der Waals surface area contributed by atoms with Crippen LogP contribution in [0, 0.1) is 5.82 Å². The second kappa shape index (κ2) is 11.7. The van der Waals surface area contributed by atoms with Crippen molar-refractivity contribution in [2.24, 2.45) is 0 Å². The first-order valence-corrected chi connectivity index (χ1v) is 13.1. The van der Waals surface area contributed by atoms with E-state index in [2.05, 4.69) is 24.9 Å². The van der Waals surface area contributed by atoms with Crippen LogP contribution in [0.5, 0.6) is 17.5 Å². The van der Waals surface area contributed by atoms with Crippen LogP contribution >= 0.6 is 0 Å². The standard InChI is InChI=1S/C29H28F4N6O3/c1-5-6-16(2)39-13-22(29(31,32)33)37-26(39)19-10-7-17(11-20(19)30)14-42-27-21(40-3)12-34-25(38-27)23-24(18-8-9-18)35-15-36-28(23)41-4/h5-7,10-13,15-16,18H,8-9,14H2,1-4H3/b6-5+. The van der Waals surface area contributed by atoms with Gasteiger partial charge in [-0.2, -0.15) is 18.2 Å². The second-order valence-corrected chi connectivity index (χ2v) is 9.71. The van der Waals surface area contributed by atoms with Gasteiger partial charge in [0.2, 0.25) is 5.88 Å². The van der Waals surface area contributed by atoms with E-state index in [0.717, 1.165) is 24.7 Å². The zero-order valence-electron chi connectivity index (χ0n) is 23.3. The largest absolute Gasteiger partial charge is 0.490 e. The Hall–Kier alpha value is -4.55. The van der Waals surface area contributed by atoms with Crippen molar-refractivity contribution in [1.82, 2.24) is 29.5 Å². The minimum atomic E-state index is -4.68. The fourth-order valence-corrected chi connectivity index (χ4v) is 4.53. The highest BCUT2D eigenvalue weighted by molar-refractivity contribution is 5.66. The molecule has 0 saturated heterocycles. The van der Waals surface area contributed by atoms with E-state index in [4.69, 9.17) is 14.2 Å². The number of imidazole rings is 1. The van der Waals surface area contributed by atoms with Gasteiger partial charge in [0.15, 0.2) is 17.3 Å². The Morgan fingerprint density at radius 3 is 2.50 bits per heavy atom. The third kappa shape index (κ3) is 5.90. The topological polar surface area (TPSA) is 97.1 Å². The van der Waals surface area contributed by atoms with Gasteiger partial charge < -0.3 is 18.8 Å². The maximum atomic E-state index is 15.4. The summed E-state index contributed by atoms with van der Waals surface area (Å²) in [5, 5.41) is 0. The molecule has 13 heteroatoms. The number of benzene rings is 1. The van der Waals surface area contributed by atoms with Gasteiger partial charge in [-0.1, -0.05) is 18.2 Å². The molecule has 0 N–H and O–H groups in total. The first-order valence-electron chi connectivity index (χ1n) is 13.1. The van der Waals surface area contributed by atoms with Crippen LogP contribution in [0.4, 0.5) is 17.6 Å². The lowest BCUT2D eigenvalue weighted by molar-refractivity contribution is -0.140. The van der Waals surface area contributed by atoms with E-state index in [1.165, 1.54) is 43.4 Å². The molecule has 5 rings (SSSR count). The highest BCUT2D eigenvalue weighted by Gasteiger charge is 2.36. The predicted molar refractivity (Wildman–Crippen MR) is 145 cm³/mol. The molecule has 0 bridgehead atoms. The van der Waals surface area contributed by atoms with Gasteiger partial charge in [0.1, 0.15) is 30.1 Å². The van der Waals surface area contributed by atoms with Crippen LogP contribution in [0.25, 0.3) is 22.8 Å². The molecule has 1 saturated carbocycles. The number of methoxy groups -OCH3 is 2. The van der Waals surface area contributed by atoms with Gasteiger partial charge >= 0.3 is 6.18 Å². The van der Waals surface area contributed by atoms with Crippen molar-refractivity contribution in [1.29, 1.82) is 0 Å². The fourth-order valence-electron chi connectivity index (χ4n) is 4.53. The van der Waals surface area contributed by atoms with Crippen LogP contribution in [0.1, 0.15) is 55.6 Å². The van der Waals surface area contributed by atoms with Crippen molar-refractivity contribution in [2.75, 3.05) is 14.2 Å². The van der Waals surface area contributed by atoms with Gasteiger partial charge in [-0.3, -0.25) is 0 Å². The Balaban J connectivity index is 1.43. The van der Waals surface area contributed by atoms with E-state index in [0.29, 0.717) is 17.0 Å². The highest BCUT2D eigenvalue weighted by Crippen LogP contribution is 2.45. The smallest absolute Gasteiger partial charge is 0.434 e. The zero-order valence-corrected chi connectivity index (χ0v) is 23.3. The van der Waals surface area contributed by atoms with Gasteiger partial charge in [-0.25, -0.2) is 24.3 Å². The van der Waals surface area contributed by atoms with Crippen molar-refractivity contribution in [3.05, 3.63) is 71.8 Å². The number of hydrogen-bond acceptors (Lipinski definition) is 8. The molecule has 1 atom stereocenters. The molecular weight excluding hydrogens is 556 g/mol. The van der Waals surface area contributed by atoms with Crippen molar-refractivity contribution < 1.29 is 31.8 Å². The third-order valence-electron chi connectivity index (χ3n) is 6.75. The monoisotopic (exact) mass is 584 g/mol. The summed E-state index contributed by atoms with van der Waals surface area (Å²) in [5.41, 5.74) is 0.583. The van der Waals surface area contributed by atoms with E-state index in [1.54, 1.807) is 32.1 Å². The average Bonchev–Trinajstić information content (AvgIpc) is 3.72. The summed E-state index contributed by atoms with van der Waals surface area (Å²) >= 11 is 0. The number of allylic oxidation sites excluding steroid dienone is 2. The number of hydrogen-bond donors (Lipinski definition) is 0. The quantitative estimate of drug-likeness (QED) is 0.153. The highest BCUT2D eigenvalue weighted by atomic mass is 19.4. The van der Waals surface area contributed by atoms with E-state index >= 15 is 4.39 Å². The molecule has 1 fully saturated rings. The number of alkyl halides is 3. The van der Waals surface area contributed by atoms with Gasteiger partial charge in [0, 0.05) is 12.1 Å². The Kier molecular flexibility index (Phi) is 8.10. The molecule has 1 aromatic carbocycles. The minimum Gasteiger partial charge on any atom is -0.490 e. The molecule has 3 heterocycles. The Morgan fingerprint density at radius 1 is 1.07 bits per heavy atom. The fraction of sp³-hybridized carbons (Fsp3) is 0.345. The van der Waals surface area contributed by atoms with Gasteiger partial charge in [0.25, 0.3) is 5.88 Å². The van der Waals surface area contributed by atoms with Gasteiger partial charge in [0.05, 0.1) is 37.7 Å². The first-order chi connectivity index (χ1) is 20.1. The molecular formula is C29H28F4N6O3. The van der Waals surface area contributed by atoms with Crippen LogP contribution in [-0.2, 0) is 12.8 Å². The van der Waals surface area contributed by atoms with E-state index in [-0.39, 0.29) is 41.4 Å². The van der Waals surface area contributed by atoms with Crippen LogP contribution in [0.15, 0.2) is 49.1 Å². The lowest BCUT2D eigenvalue weighted by atomic mass is 10.1. The molecule has 220 valence electrons. The SMILES string of the molecule is C/C=C/C(C)n1cc(C(F)(F)F)nc1-c1ccc(COc2nc(-c3c(OC)ncnc3C3CC3)ncc2OC)cc1F. The summed E-state index contributed by atoms with van der Waals surface area (Å²) in [4.78, 5) is 21.3. The summed E-state index contributed by atoms with van der Waals surface area (Å²) in [6.07, 6.45) is 4.47. The molecule has 1 aliphatic rings. The number of halogens is 4. The summed E-state index contributed by atoms with van der Waals surface area (Å²) in [6, 6.07) is 3.64. The molecule has 1 unspecified atom stereocenters. The summed E-state index contributed by atoms with van der Waals surface area (Å²) in [5.74, 6) is 0.345. The average molecular weight is 585 g/mol. The van der Waals surface area contributed by atoms with Gasteiger partial charge in [-0.05, 0) is 44.4 Å². The van der Waals surface area contributed by atoms with E-state index in [1.807, 2.05) is 0 Å². The first kappa shape index (κ1) is 29.0. The third-order valence-corrected chi connectivity index (χ3v) is 6.75. The number of aromatic nitrogens is 6. The molecule has 0 spiro atoms. The molecule has 42 heavy (non-hydrogen) atoms. The maximum Gasteiger partial charge on any atom is 0.434 e. The van der Waals surface area contributed by atoms with E-state index < -0.39 is 23.7 Å². The number of nitrogens with zero attached hydrogens (tertiary/aromatic N) is 6. The zero-order chi connectivity index (χ0) is 30.0. The predicted octanol–water partition coefficient (Wildman–Crippen LogP) is 6.57. The molecule has 0 amide bonds. The lowest BCUT2D eigenvalue weighted by Crippen LogP contribution is -2.06. The van der Waals surface area contributed by atoms with Crippen molar-refractivity contribution in [3.8, 4) is 40.3 Å². The van der Waals surface area contributed by atoms with Crippen LogP contribution in [0.3, 0.4) is 0 Å². The Morgan fingerprint density at radius 2 is 1.86 bits per heavy atom. The molecule has 1 aliphatic carbocycles. The summed E-state index contributed by atoms with van der Waals surface area (Å²) in [7, 11) is 2.94. The van der Waals surface area contributed by atoms with E-state index in [9.17, 15) is 13.2 Å². The Bertz CT molecular complexity index is 1620. The van der Waals surface area contributed by atoms with Crippen molar-refractivity contribution >= 4 is 0 Å². The number of rotatable bonds is 10. The minimum absolute atomic E-state index is 0.0729. The summed E-state index contributed by atoms with van der Waals surface area (Å²) in [6.45, 7) is 3.33. The Labute approximate surface area is 239 Å². The maximum absolute atomic E-state index is 15.4. The second-order valence-electron chi connectivity index (χ2n) is 9.71. The van der Waals surface area contributed by atoms with Crippen molar-refractivity contribution in [3.63, 3.8) is 0 Å². The molecule has 9 nitrogen and oxygen atoms in total. The number of ether oxygens (including phenoxy) is 3. The summed E-state index contributed by atoms with van der Waals surface area (Å²) < 4.78 is 73.7. The van der Waals surface area contributed by atoms with Crippen molar-refractivity contribution in [2.45, 2.75) is 51.4 Å².